The molecule has 0 spiro atoms. The highest BCUT2D eigenvalue weighted by Crippen LogP contribution is 2.18. The van der Waals surface area contributed by atoms with Gasteiger partial charge in [-0.25, -0.2) is 4.79 Å². The molecule has 144 valence electrons. The van der Waals surface area contributed by atoms with Crippen LogP contribution in [-0.4, -0.2) is 50.8 Å². The molecule has 0 bridgehead atoms. The van der Waals surface area contributed by atoms with E-state index in [1.165, 1.54) is 11.6 Å². The molecule has 0 amide bonds. The predicted molar refractivity (Wildman–Crippen MR) is 108 cm³/mol. The first-order valence-corrected chi connectivity index (χ1v) is 8.90. The molecule has 3 rings (SSSR count). The van der Waals surface area contributed by atoms with Crippen molar-refractivity contribution >= 4 is 17.1 Å². The van der Waals surface area contributed by atoms with Crippen LogP contribution in [0.25, 0.3) is 11.2 Å². The molecule has 0 aliphatic rings. The van der Waals surface area contributed by atoms with Gasteiger partial charge in [-0.2, -0.15) is 4.98 Å². The molecule has 0 unspecified atom stereocenters. The van der Waals surface area contributed by atoms with Crippen LogP contribution in [0.3, 0.4) is 0 Å². The first-order chi connectivity index (χ1) is 12.8. The van der Waals surface area contributed by atoms with E-state index in [0.717, 1.165) is 22.2 Å². The Hall–Kier alpha value is -2.87. The molecular weight excluding hydrogens is 344 g/mol. The van der Waals surface area contributed by atoms with Crippen molar-refractivity contribution in [1.82, 2.24) is 23.6 Å². The van der Waals surface area contributed by atoms with Gasteiger partial charge in [-0.15, -0.1) is 0 Å². The highest BCUT2D eigenvalue weighted by molar-refractivity contribution is 5.74. The van der Waals surface area contributed by atoms with Crippen LogP contribution in [0, 0.1) is 6.92 Å². The van der Waals surface area contributed by atoms with Gasteiger partial charge in [0.1, 0.15) is 0 Å². The molecule has 1 aromatic carbocycles. The molecule has 27 heavy (non-hydrogen) atoms. The van der Waals surface area contributed by atoms with Gasteiger partial charge in [-0.05, 0) is 26.6 Å². The number of fused-ring (bicyclic) bond motifs is 1. The van der Waals surface area contributed by atoms with Gasteiger partial charge in [0.25, 0.3) is 5.56 Å². The lowest BCUT2D eigenvalue weighted by Crippen LogP contribution is -2.37. The number of benzene rings is 1. The maximum atomic E-state index is 12.8. The van der Waals surface area contributed by atoms with Crippen LogP contribution in [0.2, 0.25) is 0 Å². The Balaban J connectivity index is 2.17. The SMILES string of the molecule is Cc1cccc(Cn2c(NCCN(C)C)nc3c2c(=O)n(C)c(=O)n3C)c1. The minimum Gasteiger partial charge on any atom is -0.354 e. The summed E-state index contributed by atoms with van der Waals surface area (Å²) in [6, 6.07) is 8.14. The lowest BCUT2D eigenvalue weighted by Gasteiger charge is -2.13. The molecule has 0 radical (unpaired) electrons. The summed E-state index contributed by atoms with van der Waals surface area (Å²) >= 11 is 0. The normalized spacial score (nSPS) is 11.5. The van der Waals surface area contributed by atoms with Gasteiger partial charge in [0, 0.05) is 27.2 Å². The van der Waals surface area contributed by atoms with Crippen LogP contribution in [0.5, 0.6) is 0 Å². The lowest BCUT2D eigenvalue weighted by atomic mass is 10.1. The number of imidazole rings is 1. The van der Waals surface area contributed by atoms with Crippen LogP contribution < -0.4 is 16.6 Å². The number of anilines is 1. The lowest BCUT2D eigenvalue weighted by molar-refractivity contribution is 0.424. The smallest absolute Gasteiger partial charge is 0.332 e. The van der Waals surface area contributed by atoms with Gasteiger partial charge in [0.05, 0.1) is 6.54 Å². The first kappa shape index (κ1) is 18.9. The summed E-state index contributed by atoms with van der Waals surface area (Å²) in [6.45, 7) is 4.04. The third kappa shape index (κ3) is 3.66. The fraction of sp³-hybridized carbons (Fsp3) is 0.421. The number of rotatable bonds is 6. The number of aromatic nitrogens is 4. The second kappa shape index (κ2) is 7.40. The predicted octanol–water partition coefficient (Wildman–Crippen LogP) is 0.764. The van der Waals surface area contributed by atoms with Crippen molar-refractivity contribution in [2.75, 3.05) is 32.5 Å². The maximum Gasteiger partial charge on any atom is 0.332 e. The molecule has 3 aromatic rings. The van der Waals surface area contributed by atoms with E-state index in [4.69, 9.17) is 0 Å². The number of hydrogen-bond donors (Lipinski definition) is 1. The van der Waals surface area contributed by atoms with Crippen LogP contribution in [0.15, 0.2) is 33.9 Å². The van der Waals surface area contributed by atoms with Crippen molar-refractivity contribution in [3.05, 3.63) is 56.2 Å². The minimum atomic E-state index is -0.382. The van der Waals surface area contributed by atoms with Crippen LogP contribution >= 0.6 is 0 Å². The van der Waals surface area contributed by atoms with Gasteiger partial charge >= 0.3 is 5.69 Å². The summed E-state index contributed by atoms with van der Waals surface area (Å²) in [5.41, 5.74) is 2.32. The number of hydrogen-bond acceptors (Lipinski definition) is 5. The fourth-order valence-corrected chi connectivity index (χ4v) is 3.12. The molecule has 0 saturated heterocycles. The summed E-state index contributed by atoms with van der Waals surface area (Å²) in [7, 11) is 7.12. The van der Waals surface area contributed by atoms with Crippen LogP contribution in [0.1, 0.15) is 11.1 Å². The Morgan fingerprint density at radius 2 is 1.89 bits per heavy atom. The summed E-state index contributed by atoms with van der Waals surface area (Å²) in [6.07, 6.45) is 0. The van der Waals surface area contributed by atoms with Crippen molar-refractivity contribution in [1.29, 1.82) is 0 Å². The Kier molecular flexibility index (Phi) is 5.18. The highest BCUT2D eigenvalue weighted by atomic mass is 16.2. The van der Waals surface area contributed by atoms with E-state index in [9.17, 15) is 9.59 Å². The average Bonchev–Trinajstić information content (AvgIpc) is 2.96. The van der Waals surface area contributed by atoms with Gasteiger partial charge in [0.15, 0.2) is 11.2 Å². The van der Waals surface area contributed by atoms with Gasteiger partial charge in [-0.3, -0.25) is 18.5 Å². The van der Waals surface area contributed by atoms with E-state index < -0.39 is 0 Å². The largest absolute Gasteiger partial charge is 0.354 e. The molecule has 8 nitrogen and oxygen atoms in total. The molecule has 0 saturated carbocycles. The summed E-state index contributed by atoms with van der Waals surface area (Å²) in [4.78, 5) is 31.7. The van der Waals surface area contributed by atoms with Crippen molar-refractivity contribution in [3.8, 4) is 0 Å². The average molecular weight is 370 g/mol. The topological polar surface area (TPSA) is 77.1 Å². The van der Waals surface area contributed by atoms with Crippen molar-refractivity contribution in [2.24, 2.45) is 14.1 Å². The van der Waals surface area contributed by atoms with E-state index >= 15 is 0 Å². The fourth-order valence-electron chi connectivity index (χ4n) is 3.12. The molecule has 0 atom stereocenters. The van der Waals surface area contributed by atoms with Gasteiger partial charge in [0.2, 0.25) is 5.95 Å². The highest BCUT2D eigenvalue weighted by Gasteiger charge is 2.19. The summed E-state index contributed by atoms with van der Waals surface area (Å²) in [5, 5.41) is 3.31. The molecule has 0 aliphatic heterocycles. The molecule has 2 heterocycles. The van der Waals surface area contributed by atoms with Crippen LogP contribution in [-0.2, 0) is 20.6 Å². The summed E-state index contributed by atoms with van der Waals surface area (Å²) in [5.74, 6) is 0.589. The molecule has 1 N–H and O–H groups in total. The second-order valence-electron chi connectivity index (χ2n) is 7.12. The number of aryl methyl sites for hydroxylation is 2. The zero-order valence-corrected chi connectivity index (χ0v) is 16.5. The van der Waals surface area contributed by atoms with Crippen molar-refractivity contribution in [3.63, 3.8) is 0 Å². The summed E-state index contributed by atoms with van der Waals surface area (Å²) < 4.78 is 4.41. The van der Waals surface area contributed by atoms with E-state index in [-0.39, 0.29) is 11.2 Å². The van der Waals surface area contributed by atoms with Crippen molar-refractivity contribution < 1.29 is 0 Å². The van der Waals surface area contributed by atoms with E-state index in [2.05, 4.69) is 21.3 Å². The Bertz CT molecular complexity index is 1090. The molecule has 2 aromatic heterocycles. The maximum absolute atomic E-state index is 12.8. The van der Waals surface area contributed by atoms with E-state index in [1.54, 1.807) is 7.05 Å². The third-order valence-electron chi connectivity index (χ3n) is 4.61. The van der Waals surface area contributed by atoms with E-state index in [0.29, 0.717) is 30.2 Å². The quantitative estimate of drug-likeness (QED) is 0.693. The third-order valence-corrected chi connectivity index (χ3v) is 4.61. The number of likely N-dealkylation sites (N-methyl/N-ethyl adjacent to an activating group) is 1. The number of nitrogens with one attached hydrogen (secondary N) is 1. The standard InChI is InChI=1S/C19H26N6O2/c1-13-7-6-8-14(11-13)12-25-15-16(21-18(25)20-9-10-22(2)3)23(4)19(27)24(5)17(15)26/h6-8,11H,9-10,12H2,1-5H3,(H,20,21). The Morgan fingerprint density at radius 1 is 1.15 bits per heavy atom. The molecule has 0 fully saturated rings. The van der Waals surface area contributed by atoms with Crippen molar-refractivity contribution in [2.45, 2.75) is 13.5 Å². The zero-order chi connectivity index (χ0) is 19.7. The van der Waals surface area contributed by atoms with Gasteiger partial charge in [-0.1, -0.05) is 29.8 Å². The Morgan fingerprint density at radius 3 is 2.56 bits per heavy atom. The van der Waals surface area contributed by atoms with Crippen LogP contribution in [0.4, 0.5) is 5.95 Å². The van der Waals surface area contributed by atoms with E-state index in [1.807, 2.05) is 43.8 Å². The first-order valence-electron chi connectivity index (χ1n) is 8.90. The monoisotopic (exact) mass is 370 g/mol. The molecule has 8 heteroatoms. The second-order valence-corrected chi connectivity index (χ2v) is 7.12. The molecule has 0 aliphatic carbocycles. The molecular formula is C19H26N6O2. The number of nitrogens with zero attached hydrogens (tertiary/aromatic N) is 5. The van der Waals surface area contributed by atoms with Gasteiger partial charge < -0.3 is 10.2 Å². The Labute approximate surface area is 157 Å². The minimum absolute atomic E-state index is 0.339. The zero-order valence-electron chi connectivity index (χ0n) is 16.5.